The average Bonchev–Trinajstić information content (AvgIpc) is 2.52. The highest BCUT2D eigenvalue weighted by Crippen LogP contribution is 2.14. The zero-order valence-electron chi connectivity index (χ0n) is 11.9. The predicted molar refractivity (Wildman–Crippen MR) is 83.5 cm³/mol. The SMILES string of the molecule is Cc1ccccc1N/C=C(/C#N)C(=O)Nc1ccc(F)cc1. The van der Waals surface area contributed by atoms with Crippen LogP contribution in [0.25, 0.3) is 0 Å². The molecule has 2 rings (SSSR count). The van der Waals surface area contributed by atoms with Crippen LogP contribution in [-0.4, -0.2) is 5.91 Å². The molecule has 0 aliphatic carbocycles. The van der Waals surface area contributed by atoms with Crippen LogP contribution in [-0.2, 0) is 4.79 Å². The second-order valence-electron chi connectivity index (χ2n) is 4.59. The van der Waals surface area contributed by atoms with Crippen LogP contribution < -0.4 is 10.6 Å². The van der Waals surface area contributed by atoms with Gasteiger partial charge in [0.2, 0.25) is 0 Å². The van der Waals surface area contributed by atoms with Crippen LogP contribution in [0.15, 0.2) is 60.3 Å². The molecule has 0 saturated carbocycles. The minimum Gasteiger partial charge on any atom is -0.360 e. The van der Waals surface area contributed by atoms with Gasteiger partial charge in [0.05, 0.1) is 0 Å². The molecule has 110 valence electrons. The topological polar surface area (TPSA) is 64.9 Å². The van der Waals surface area contributed by atoms with E-state index in [9.17, 15) is 9.18 Å². The van der Waals surface area contributed by atoms with E-state index < -0.39 is 11.7 Å². The highest BCUT2D eigenvalue weighted by atomic mass is 19.1. The first-order valence-corrected chi connectivity index (χ1v) is 6.59. The van der Waals surface area contributed by atoms with Crippen LogP contribution in [0.1, 0.15) is 5.56 Å². The lowest BCUT2D eigenvalue weighted by Gasteiger charge is -2.07. The van der Waals surface area contributed by atoms with E-state index in [0.29, 0.717) is 5.69 Å². The standard InChI is InChI=1S/C17H14FN3O/c1-12-4-2-3-5-16(12)20-11-13(10-19)17(22)21-15-8-6-14(18)7-9-15/h2-9,11,20H,1H3,(H,21,22)/b13-11-. The van der Waals surface area contributed by atoms with Crippen LogP contribution in [0.4, 0.5) is 15.8 Å². The van der Waals surface area contributed by atoms with Crippen LogP contribution in [0.5, 0.6) is 0 Å². The smallest absolute Gasteiger partial charge is 0.267 e. The number of nitrogens with zero attached hydrogens (tertiary/aromatic N) is 1. The Balaban J connectivity index is 2.09. The van der Waals surface area contributed by atoms with Gasteiger partial charge in [-0.2, -0.15) is 5.26 Å². The maximum absolute atomic E-state index is 12.8. The number of carbonyl (C=O) groups excluding carboxylic acids is 1. The van der Waals surface area contributed by atoms with Crippen LogP contribution in [0, 0.1) is 24.1 Å². The Kier molecular flexibility index (Phi) is 4.89. The molecule has 0 aromatic heterocycles. The zero-order valence-corrected chi connectivity index (χ0v) is 11.9. The summed E-state index contributed by atoms with van der Waals surface area (Å²) in [5.74, 6) is -0.953. The molecule has 0 unspecified atom stereocenters. The summed E-state index contributed by atoms with van der Waals surface area (Å²) in [6.45, 7) is 1.92. The molecular weight excluding hydrogens is 281 g/mol. The Hall–Kier alpha value is -3.13. The summed E-state index contributed by atoms with van der Waals surface area (Å²) in [5.41, 5.74) is 2.15. The predicted octanol–water partition coefficient (Wildman–Crippen LogP) is 3.59. The molecule has 0 atom stereocenters. The lowest BCUT2D eigenvalue weighted by molar-refractivity contribution is -0.112. The number of halogens is 1. The van der Waals surface area contributed by atoms with E-state index in [1.54, 1.807) is 0 Å². The Morgan fingerprint density at radius 2 is 1.86 bits per heavy atom. The monoisotopic (exact) mass is 295 g/mol. The van der Waals surface area contributed by atoms with Crippen molar-refractivity contribution >= 4 is 17.3 Å². The minimum atomic E-state index is -0.560. The van der Waals surface area contributed by atoms with Gasteiger partial charge < -0.3 is 10.6 Å². The number of anilines is 2. The molecule has 1 amide bonds. The first kappa shape index (κ1) is 15.3. The van der Waals surface area contributed by atoms with E-state index in [4.69, 9.17) is 5.26 Å². The van der Waals surface area contributed by atoms with E-state index in [-0.39, 0.29) is 5.57 Å². The lowest BCUT2D eigenvalue weighted by atomic mass is 10.2. The van der Waals surface area contributed by atoms with Crippen LogP contribution in [0.3, 0.4) is 0 Å². The summed E-state index contributed by atoms with van der Waals surface area (Å²) in [7, 11) is 0. The van der Waals surface area contributed by atoms with E-state index in [1.807, 2.05) is 37.3 Å². The second-order valence-corrected chi connectivity index (χ2v) is 4.59. The summed E-state index contributed by atoms with van der Waals surface area (Å²) in [4.78, 5) is 12.0. The molecule has 22 heavy (non-hydrogen) atoms. The molecule has 4 nitrogen and oxygen atoms in total. The molecule has 5 heteroatoms. The van der Waals surface area contributed by atoms with E-state index in [2.05, 4.69) is 10.6 Å². The number of para-hydroxylation sites is 1. The van der Waals surface area contributed by atoms with Gasteiger partial charge in [0, 0.05) is 17.6 Å². The number of rotatable bonds is 4. The largest absolute Gasteiger partial charge is 0.360 e. The number of nitrogens with one attached hydrogen (secondary N) is 2. The lowest BCUT2D eigenvalue weighted by Crippen LogP contribution is -2.14. The zero-order chi connectivity index (χ0) is 15.9. The van der Waals surface area contributed by atoms with Crippen molar-refractivity contribution < 1.29 is 9.18 Å². The van der Waals surface area contributed by atoms with Crippen molar-refractivity contribution in [3.63, 3.8) is 0 Å². The summed E-state index contributed by atoms with van der Waals surface area (Å²) in [6.07, 6.45) is 1.35. The number of benzene rings is 2. The summed E-state index contributed by atoms with van der Waals surface area (Å²) >= 11 is 0. The Morgan fingerprint density at radius 3 is 2.50 bits per heavy atom. The van der Waals surface area contributed by atoms with E-state index in [1.165, 1.54) is 30.5 Å². The molecule has 0 bridgehead atoms. The highest BCUT2D eigenvalue weighted by Gasteiger charge is 2.09. The first-order valence-electron chi connectivity index (χ1n) is 6.59. The minimum absolute atomic E-state index is 0.0763. The summed E-state index contributed by atoms with van der Waals surface area (Å²) in [5, 5.41) is 14.6. The molecule has 0 fully saturated rings. The van der Waals surface area contributed by atoms with Gasteiger partial charge in [-0.05, 0) is 42.8 Å². The van der Waals surface area contributed by atoms with Crippen molar-refractivity contribution in [1.82, 2.24) is 0 Å². The van der Waals surface area contributed by atoms with Gasteiger partial charge in [-0.15, -0.1) is 0 Å². The normalized spacial score (nSPS) is 10.7. The first-order chi connectivity index (χ1) is 10.6. The summed E-state index contributed by atoms with van der Waals surface area (Å²) < 4.78 is 12.8. The van der Waals surface area contributed by atoms with Crippen molar-refractivity contribution in [2.75, 3.05) is 10.6 Å². The second kappa shape index (κ2) is 7.04. The Morgan fingerprint density at radius 1 is 1.18 bits per heavy atom. The van der Waals surface area contributed by atoms with Gasteiger partial charge in [0.15, 0.2) is 0 Å². The number of hydrogen-bond donors (Lipinski definition) is 2. The molecule has 0 aliphatic heterocycles. The molecule has 2 aromatic carbocycles. The summed E-state index contributed by atoms with van der Waals surface area (Å²) in [6, 6.07) is 14.7. The third kappa shape index (κ3) is 3.93. The van der Waals surface area contributed by atoms with Crippen molar-refractivity contribution in [3.8, 4) is 6.07 Å². The fourth-order valence-electron chi connectivity index (χ4n) is 1.77. The van der Waals surface area contributed by atoms with Crippen molar-refractivity contribution in [2.45, 2.75) is 6.92 Å². The highest BCUT2D eigenvalue weighted by molar-refractivity contribution is 6.06. The van der Waals surface area contributed by atoms with Crippen LogP contribution in [0.2, 0.25) is 0 Å². The molecule has 0 radical (unpaired) electrons. The molecule has 0 heterocycles. The van der Waals surface area contributed by atoms with Gasteiger partial charge in [0.1, 0.15) is 17.5 Å². The molecule has 0 spiro atoms. The van der Waals surface area contributed by atoms with Gasteiger partial charge in [-0.25, -0.2) is 4.39 Å². The van der Waals surface area contributed by atoms with Gasteiger partial charge in [0.25, 0.3) is 5.91 Å². The Bertz CT molecular complexity index is 745. The maximum Gasteiger partial charge on any atom is 0.267 e. The average molecular weight is 295 g/mol. The van der Waals surface area contributed by atoms with Gasteiger partial charge in [-0.1, -0.05) is 18.2 Å². The molecule has 0 aliphatic rings. The fourth-order valence-corrected chi connectivity index (χ4v) is 1.77. The molecule has 2 N–H and O–H groups in total. The van der Waals surface area contributed by atoms with E-state index in [0.717, 1.165) is 11.3 Å². The number of nitriles is 1. The maximum atomic E-state index is 12.8. The number of aryl methyl sites for hydroxylation is 1. The fraction of sp³-hybridized carbons (Fsp3) is 0.0588. The van der Waals surface area contributed by atoms with Gasteiger partial charge in [-0.3, -0.25) is 4.79 Å². The third-order valence-corrected chi connectivity index (χ3v) is 2.98. The number of amides is 1. The number of hydrogen-bond acceptors (Lipinski definition) is 3. The van der Waals surface area contributed by atoms with Crippen molar-refractivity contribution in [3.05, 3.63) is 71.7 Å². The third-order valence-electron chi connectivity index (χ3n) is 2.98. The van der Waals surface area contributed by atoms with Crippen LogP contribution >= 0.6 is 0 Å². The molecular formula is C17H14FN3O. The number of carbonyl (C=O) groups is 1. The molecule has 0 saturated heterocycles. The Labute approximate surface area is 127 Å². The molecule has 2 aromatic rings. The van der Waals surface area contributed by atoms with Crippen molar-refractivity contribution in [2.24, 2.45) is 0 Å². The van der Waals surface area contributed by atoms with E-state index >= 15 is 0 Å². The van der Waals surface area contributed by atoms with Crippen molar-refractivity contribution in [1.29, 1.82) is 5.26 Å². The van der Waals surface area contributed by atoms with Gasteiger partial charge >= 0.3 is 0 Å². The quantitative estimate of drug-likeness (QED) is 0.669.